The Kier molecular flexibility index (Phi) is 9.20. The average Bonchev–Trinajstić information content (AvgIpc) is 3.42. The van der Waals surface area contributed by atoms with Gasteiger partial charge < -0.3 is 18.7 Å². The molecule has 4 rings (SSSR count). The first-order valence-corrected chi connectivity index (χ1v) is 13.3. The molecule has 4 aromatic rings. The Morgan fingerprint density at radius 3 is 2.30 bits per heavy atom. The highest BCUT2D eigenvalue weighted by atomic mass is 32.2. The summed E-state index contributed by atoms with van der Waals surface area (Å²) in [6.45, 7) is 1.37. The third kappa shape index (κ3) is 7.45. The molecule has 3 aromatic carbocycles. The zero-order valence-corrected chi connectivity index (χ0v) is 22.3. The standard InChI is InChI=1S/C27H25F3N2O7S/c1-18-3-10-22(11-4-18)40(33,34)38-14-13-37-24-12-9-21(15-23(24)27(28,29)30)26-31-25(32-39-26)20-7-5-19(6-8-20)16-36-17-35-2/h3-12,15H,13-14,16-17H2,1-2H3. The molecule has 212 valence electrons. The van der Waals surface area contributed by atoms with Crippen LogP contribution in [0.5, 0.6) is 5.75 Å². The molecule has 0 amide bonds. The molecular formula is C27H25F3N2O7S. The van der Waals surface area contributed by atoms with E-state index in [-0.39, 0.29) is 29.0 Å². The van der Waals surface area contributed by atoms with E-state index in [2.05, 4.69) is 10.1 Å². The first kappa shape index (κ1) is 29.2. The fourth-order valence-corrected chi connectivity index (χ4v) is 4.42. The van der Waals surface area contributed by atoms with Crippen LogP contribution in [0.15, 0.2) is 76.1 Å². The van der Waals surface area contributed by atoms with Crippen LogP contribution in [0.25, 0.3) is 22.8 Å². The van der Waals surface area contributed by atoms with Gasteiger partial charge in [-0.1, -0.05) is 47.1 Å². The molecule has 0 radical (unpaired) electrons. The van der Waals surface area contributed by atoms with Crippen molar-refractivity contribution in [3.63, 3.8) is 0 Å². The maximum Gasteiger partial charge on any atom is 0.419 e. The maximum atomic E-state index is 13.8. The van der Waals surface area contributed by atoms with Gasteiger partial charge in [-0.15, -0.1) is 0 Å². The molecule has 0 bridgehead atoms. The van der Waals surface area contributed by atoms with Gasteiger partial charge in [-0.05, 0) is 42.8 Å². The molecule has 9 nitrogen and oxygen atoms in total. The Morgan fingerprint density at radius 2 is 1.62 bits per heavy atom. The van der Waals surface area contributed by atoms with Crippen LogP contribution >= 0.6 is 0 Å². The number of benzene rings is 3. The second-order valence-corrected chi connectivity index (χ2v) is 10.1. The summed E-state index contributed by atoms with van der Waals surface area (Å²) in [5.41, 5.74) is 1.28. The minimum atomic E-state index is -4.77. The quantitative estimate of drug-likeness (QED) is 0.120. The molecule has 0 spiro atoms. The monoisotopic (exact) mass is 578 g/mol. The van der Waals surface area contributed by atoms with E-state index >= 15 is 0 Å². The van der Waals surface area contributed by atoms with E-state index in [0.717, 1.165) is 23.3 Å². The molecule has 0 atom stereocenters. The van der Waals surface area contributed by atoms with Crippen molar-refractivity contribution in [2.75, 3.05) is 27.1 Å². The Labute approximate surface area is 228 Å². The van der Waals surface area contributed by atoms with Gasteiger partial charge in [0.15, 0.2) is 0 Å². The van der Waals surface area contributed by atoms with Gasteiger partial charge >= 0.3 is 6.18 Å². The Balaban J connectivity index is 1.43. The van der Waals surface area contributed by atoms with Gasteiger partial charge in [-0.3, -0.25) is 4.18 Å². The smallest absolute Gasteiger partial charge is 0.419 e. The predicted octanol–water partition coefficient (Wildman–Crippen LogP) is 5.64. The summed E-state index contributed by atoms with van der Waals surface area (Å²) < 4.78 is 91.5. The van der Waals surface area contributed by atoms with Gasteiger partial charge in [0, 0.05) is 18.2 Å². The molecule has 0 aliphatic heterocycles. The van der Waals surface area contributed by atoms with Gasteiger partial charge in [0.1, 0.15) is 25.8 Å². The lowest BCUT2D eigenvalue weighted by Gasteiger charge is -2.15. The number of methoxy groups -OCH3 is 1. The van der Waals surface area contributed by atoms with Crippen molar-refractivity contribution >= 4 is 10.1 Å². The number of aromatic nitrogens is 2. The average molecular weight is 579 g/mol. The van der Waals surface area contributed by atoms with Gasteiger partial charge in [0.2, 0.25) is 5.82 Å². The number of aryl methyl sites for hydroxylation is 1. The van der Waals surface area contributed by atoms with E-state index < -0.39 is 40.8 Å². The van der Waals surface area contributed by atoms with Gasteiger partial charge in [-0.2, -0.15) is 26.6 Å². The molecule has 0 unspecified atom stereocenters. The summed E-state index contributed by atoms with van der Waals surface area (Å²) in [4.78, 5) is 4.16. The summed E-state index contributed by atoms with van der Waals surface area (Å²) in [5, 5.41) is 3.87. The normalized spacial score (nSPS) is 12.0. The molecule has 0 aliphatic carbocycles. The summed E-state index contributed by atoms with van der Waals surface area (Å²) in [6, 6.07) is 16.3. The van der Waals surface area contributed by atoms with Crippen LogP contribution in [0.2, 0.25) is 0 Å². The van der Waals surface area contributed by atoms with Crippen molar-refractivity contribution in [3.05, 3.63) is 83.4 Å². The third-order valence-corrected chi connectivity index (χ3v) is 6.86. The largest absolute Gasteiger partial charge is 0.490 e. The molecule has 1 aromatic heterocycles. The fraction of sp³-hybridized carbons (Fsp3) is 0.259. The second-order valence-electron chi connectivity index (χ2n) is 8.52. The fourth-order valence-electron chi connectivity index (χ4n) is 3.53. The molecule has 40 heavy (non-hydrogen) atoms. The van der Waals surface area contributed by atoms with Crippen LogP contribution in [0.3, 0.4) is 0 Å². The van der Waals surface area contributed by atoms with E-state index in [9.17, 15) is 21.6 Å². The number of hydrogen-bond acceptors (Lipinski definition) is 9. The minimum Gasteiger partial charge on any atom is -0.490 e. The summed E-state index contributed by atoms with van der Waals surface area (Å²) in [7, 11) is -2.56. The van der Waals surface area contributed by atoms with Crippen molar-refractivity contribution in [3.8, 4) is 28.6 Å². The first-order chi connectivity index (χ1) is 19.1. The van der Waals surface area contributed by atoms with Crippen LogP contribution in [-0.4, -0.2) is 45.7 Å². The lowest BCUT2D eigenvalue weighted by Crippen LogP contribution is -2.15. The van der Waals surface area contributed by atoms with Crippen molar-refractivity contribution in [1.29, 1.82) is 0 Å². The summed E-state index contributed by atoms with van der Waals surface area (Å²) in [6.07, 6.45) is -4.77. The van der Waals surface area contributed by atoms with Crippen LogP contribution in [-0.2, 0) is 36.6 Å². The topological polar surface area (TPSA) is 110 Å². The van der Waals surface area contributed by atoms with Crippen LogP contribution in [0, 0.1) is 6.92 Å². The number of rotatable bonds is 12. The molecular weight excluding hydrogens is 553 g/mol. The zero-order chi connectivity index (χ0) is 28.8. The highest BCUT2D eigenvalue weighted by molar-refractivity contribution is 7.86. The van der Waals surface area contributed by atoms with Gasteiger partial charge in [0.05, 0.1) is 17.1 Å². The Bertz CT molecular complexity index is 1520. The Morgan fingerprint density at radius 1 is 0.925 bits per heavy atom. The van der Waals surface area contributed by atoms with Gasteiger partial charge in [-0.25, -0.2) is 0 Å². The molecule has 0 saturated heterocycles. The highest BCUT2D eigenvalue weighted by Gasteiger charge is 2.35. The van der Waals surface area contributed by atoms with Crippen molar-refractivity contribution in [2.45, 2.75) is 24.6 Å². The van der Waals surface area contributed by atoms with E-state index in [4.69, 9.17) is 22.9 Å². The number of ether oxygens (including phenoxy) is 3. The number of halogens is 3. The van der Waals surface area contributed by atoms with E-state index in [1.165, 1.54) is 25.3 Å². The lowest BCUT2D eigenvalue weighted by molar-refractivity contribution is -0.139. The maximum absolute atomic E-state index is 13.8. The van der Waals surface area contributed by atoms with Crippen molar-refractivity contribution in [2.24, 2.45) is 0 Å². The second kappa shape index (κ2) is 12.6. The lowest BCUT2D eigenvalue weighted by atomic mass is 10.1. The Hall–Kier alpha value is -3.78. The van der Waals surface area contributed by atoms with E-state index in [0.29, 0.717) is 12.2 Å². The molecule has 0 fully saturated rings. The van der Waals surface area contributed by atoms with Crippen molar-refractivity contribution in [1.82, 2.24) is 10.1 Å². The number of hydrogen-bond donors (Lipinski definition) is 0. The molecule has 13 heteroatoms. The summed E-state index contributed by atoms with van der Waals surface area (Å²) >= 11 is 0. The van der Waals surface area contributed by atoms with Crippen LogP contribution in [0.1, 0.15) is 16.7 Å². The number of nitrogens with zero attached hydrogens (tertiary/aromatic N) is 2. The van der Waals surface area contributed by atoms with Crippen LogP contribution in [0.4, 0.5) is 13.2 Å². The first-order valence-electron chi connectivity index (χ1n) is 11.9. The summed E-state index contributed by atoms with van der Waals surface area (Å²) in [5.74, 6) is -0.425. The zero-order valence-electron chi connectivity index (χ0n) is 21.5. The van der Waals surface area contributed by atoms with Gasteiger partial charge in [0.25, 0.3) is 16.0 Å². The number of alkyl halides is 3. The predicted molar refractivity (Wildman–Crippen MR) is 137 cm³/mol. The molecule has 0 saturated carbocycles. The van der Waals surface area contributed by atoms with E-state index in [1.807, 2.05) is 0 Å². The molecule has 1 heterocycles. The minimum absolute atomic E-state index is 0.0289. The third-order valence-electron chi connectivity index (χ3n) is 5.53. The highest BCUT2D eigenvalue weighted by Crippen LogP contribution is 2.39. The van der Waals surface area contributed by atoms with Crippen LogP contribution < -0.4 is 4.74 Å². The molecule has 0 N–H and O–H groups in total. The SMILES string of the molecule is COCOCc1ccc(-c2noc(-c3ccc(OCCOS(=O)(=O)c4ccc(C)cc4)c(C(F)(F)F)c3)n2)cc1. The molecule has 0 aliphatic rings. The van der Waals surface area contributed by atoms with Crippen molar-refractivity contribution < 1.29 is 44.5 Å². The van der Waals surface area contributed by atoms with E-state index in [1.54, 1.807) is 43.3 Å².